The van der Waals surface area contributed by atoms with E-state index in [-0.39, 0.29) is 30.0 Å². The molecule has 4 fully saturated rings. The molecule has 2 N–H and O–H groups in total. The summed E-state index contributed by atoms with van der Waals surface area (Å²) < 4.78 is 19.9. The van der Waals surface area contributed by atoms with Crippen LogP contribution in [-0.4, -0.2) is 67.6 Å². The summed E-state index contributed by atoms with van der Waals surface area (Å²) in [4.78, 5) is 14.7. The van der Waals surface area contributed by atoms with Gasteiger partial charge in [0.1, 0.15) is 11.7 Å². The fourth-order valence-electron chi connectivity index (χ4n) is 10.1. The van der Waals surface area contributed by atoms with Gasteiger partial charge >= 0.3 is 5.97 Å². The predicted octanol–water partition coefficient (Wildman–Crippen LogP) is 4.51. The van der Waals surface area contributed by atoms with Gasteiger partial charge in [0.25, 0.3) is 0 Å². The van der Waals surface area contributed by atoms with Crippen molar-refractivity contribution in [3.8, 4) is 11.5 Å². The summed E-state index contributed by atoms with van der Waals surface area (Å²) in [5.41, 5.74) is 3.34. The van der Waals surface area contributed by atoms with Gasteiger partial charge in [0, 0.05) is 48.6 Å². The highest BCUT2D eigenvalue weighted by Gasteiger charge is 2.75. The van der Waals surface area contributed by atoms with E-state index in [9.17, 15) is 9.90 Å². The quantitative estimate of drug-likeness (QED) is 0.481. The van der Waals surface area contributed by atoms with Crippen LogP contribution in [0.1, 0.15) is 67.2 Å². The number of hydrogen-bond acceptors (Lipinski definition) is 6. The molecule has 7 aliphatic rings. The Kier molecular flexibility index (Phi) is 5.62. The molecule has 212 valence electrons. The van der Waals surface area contributed by atoms with Crippen molar-refractivity contribution in [3.63, 3.8) is 0 Å². The highest BCUT2D eigenvalue weighted by atomic mass is 16.6. The van der Waals surface area contributed by atoms with Crippen LogP contribution in [0.4, 0.5) is 0 Å². The molecule has 3 saturated carbocycles. The molecule has 2 heterocycles. The van der Waals surface area contributed by atoms with Crippen LogP contribution >= 0.6 is 0 Å². The Bertz CT molecular complexity index is 1330. The summed E-state index contributed by atoms with van der Waals surface area (Å²) in [5.74, 6) is 2.69. The SMILES string of the molecule is COc1ccc2c3c1O[C@H]1[C@@]4(OC)CCC2[C@@H]2[C@@H](C[C@@H]4[C@H](NCC(=O)O)c4ccccc4)[C@@]31CCN2CC1CC1. The molecule has 0 amide bonds. The van der Waals surface area contributed by atoms with E-state index in [0.717, 1.165) is 55.2 Å². The Labute approximate surface area is 236 Å². The predicted molar refractivity (Wildman–Crippen MR) is 150 cm³/mol. The van der Waals surface area contributed by atoms with Gasteiger partial charge in [0.15, 0.2) is 11.5 Å². The molecule has 40 heavy (non-hydrogen) atoms. The average Bonchev–Trinajstić information content (AvgIpc) is 3.71. The summed E-state index contributed by atoms with van der Waals surface area (Å²) in [6, 6.07) is 15.2. The zero-order valence-corrected chi connectivity index (χ0v) is 23.5. The fraction of sp³-hybridized carbons (Fsp3) is 0.606. The van der Waals surface area contributed by atoms with E-state index in [4.69, 9.17) is 14.2 Å². The highest BCUT2D eigenvalue weighted by molar-refractivity contribution is 5.69. The number of aliphatic carboxylic acids is 1. The second-order valence-corrected chi connectivity index (χ2v) is 13.2. The van der Waals surface area contributed by atoms with Crippen LogP contribution in [0.5, 0.6) is 11.5 Å². The molecule has 7 nitrogen and oxygen atoms in total. The Morgan fingerprint density at radius 3 is 2.70 bits per heavy atom. The standard InChI is InChI=1S/C33H40N2O5/c1-38-25-11-10-21-22-12-13-33(39-2)23(28(34-17-26(36)37)20-6-4-3-5-7-20)16-24-29(22)35(18-19-8-9-19)15-14-32(24)27(21)30(25)40-31(32)33/h3-7,10-11,19,22-24,28-29,31,34H,8-9,12-18H2,1-2H3,(H,36,37)/t22?,23-,24-,28-,29-,31-,32+,33-/m1/s1. The topological polar surface area (TPSA) is 80.3 Å². The molecule has 0 aromatic heterocycles. The second kappa shape index (κ2) is 8.94. The van der Waals surface area contributed by atoms with Gasteiger partial charge in [0.05, 0.1) is 13.7 Å². The third-order valence-corrected chi connectivity index (χ3v) is 11.7. The van der Waals surface area contributed by atoms with Crippen LogP contribution in [0.15, 0.2) is 42.5 Å². The van der Waals surface area contributed by atoms with Gasteiger partial charge in [-0.1, -0.05) is 36.4 Å². The van der Waals surface area contributed by atoms with Gasteiger partial charge in [-0.2, -0.15) is 0 Å². The number of rotatable bonds is 9. The van der Waals surface area contributed by atoms with E-state index < -0.39 is 11.6 Å². The Balaban J connectivity index is 1.32. The number of fused-ring (bicyclic) bond motifs is 1. The molecule has 9 rings (SSSR count). The highest BCUT2D eigenvalue weighted by Crippen LogP contribution is 2.72. The number of methoxy groups -OCH3 is 2. The maximum atomic E-state index is 11.8. The summed E-state index contributed by atoms with van der Waals surface area (Å²) in [7, 11) is 3.61. The molecule has 1 spiro atoms. The second-order valence-electron chi connectivity index (χ2n) is 13.2. The van der Waals surface area contributed by atoms with Gasteiger partial charge < -0.3 is 19.3 Å². The van der Waals surface area contributed by atoms with E-state index >= 15 is 0 Å². The molecule has 1 saturated heterocycles. The van der Waals surface area contributed by atoms with Crippen molar-refractivity contribution in [3.05, 3.63) is 59.2 Å². The van der Waals surface area contributed by atoms with Crippen LogP contribution in [0.2, 0.25) is 0 Å². The summed E-state index contributed by atoms with van der Waals surface area (Å²) >= 11 is 0. The van der Waals surface area contributed by atoms with Crippen molar-refractivity contribution in [1.29, 1.82) is 0 Å². The first-order valence-electron chi connectivity index (χ1n) is 15.2. The average molecular weight is 545 g/mol. The molecule has 2 aromatic rings. The lowest BCUT2D eigenvalue weighted by molar-refractivity contribution is -0.227. The number of ether oxygens (including phenoxy) is 3. The fourth-order valence-corrected chi connectivity index (χ4v) is 10.1. The molecule has 2 aliphatic heterocycles. The molecule has 8 atom stereocenters. The minimum Gasteiger partial charge on any atom is -0.493 e. The van der Waals surface area contributed by atoms with E-state index in [0.29, 0.717) is 17.9 Å². The van der Waals surface area contributed by atoms with Crippen LogP contribution < -0.4 is 14.8 Å². The Hall–Kier alpha value is -2.61. The van der Waals surface area contributed by atoms with Crippen molar-refractivity contribution in [2.24, 2.45) is 17.8 Å². The van der Waals surface area contributed by atoms with Gasteiger partial charge in [-0.05, 0) is 74.1 Å². The number of likely N-dealkylation sites (tertiary alicyclic amines) is 1. The third-order valence-electron chi connectivity index (χ3n) is 11.7. The molecule has 5 aliphatic carbocycles. The monoisotopic (exact) mass is 544 g/mol. The van der Waals surface area contributed by atoms with Crippen LogP contribution in [0.25, 0.3) is 0 Å². The van der Waals surface area contributed by atoms with E-state index in [2.05, 4.69) is 46.6 Å². The van der Waals surface area contributed by atoms with Crippen LogP contribution in [-0.2, 0) is 14.9 Å². The van der Waals surface area contributed by atoms with Crippen molar-refractivity contribution in [2.45, 2.75) is 73.6 Å². The van der Waals surface area contributed by atoms with E-state index in [1.54, 1.807) is 7.11 Å². The maximum Gasteiger partial charge on any atom is 0.317 e. The summed E-state index contributed by atoms with van der Waals surface area (Å²) in [6.45, 7) is 2.22. The van der Waals surface area contributed by atoms with Gasteiger partial charge in [-0.15, -0.1) is 0 Å². The molecule has 7 bridgehead atoms. The zero-order chi connectivity index (χ0) is 27.2. The number of hydrogen-bond donors (Lipinski definition) is 2. The van der Waals surface area contributed by atoms with Crippen LogP contribution in [0.3, 0.4) is 0 Å². The van der Waals surface area contributed by atoms with E-state index in [1.165, 1.54) is 30.5 Å². The van der Waals surface area contributed by atoms with Gasteiger partial charge in [-0.3, -0.25) is 15.0 Å². The number of carbonyl (C=O) groups is 1. The van der Waals surface area contributed by atoms with Gasteiger partial charge in [0.2, 0.25) is 0 Å². The summed E-state index contributed by atoms with van der Waals surface area (Å²) in [6.07, 6.45) is 6.57. The van der Waals surface area contributed by atoms with Crippen molar-refractivity contribution < 1.29 is 24.1 Å². The Morgan fingerprint density at radius 1 is 1.15 bits per heavy atom. The number of benzene rings is 2. The number of carboxylic acid groups (broad SMARTS) is 1. The molecule has 2 aromatic carbocycles. The lowest BCUT2D eigenvalue weighted by Gasteiger charge is -2.68. The van der Waals surface area contributed by atoms with Gasteiger partial charge in [-0.25, -0.2) is 0 Å². The lowest BCUT2D eigenvalue weighted by atomic mass is 9.42. The zero-order valence-electron chi connectivity index (χ0n) is 23.5. The molecule has 1 unspecified atom stereocenters. The van der Waals surface area contributed by atoms with Crippen molar-refractivity contribution in [1.82, 2.24) is 10.2 Å². The minimum absolute atomic E-state index is 0.0635. The first kappa shape index (κ1) is 25.1. The minimum atomic E-state index is -0.840. The lowest BCUT2D eigenvalue weighted by Crippen LogP contribution is -2.76. The van der Waals surface area contributed by atoms with Crippen molar-refractivity contribution in [2.75, 3.05) is 33.9 Å². The number of nitrogens with zero attached hydrogens (tertiary/aromatic N) is 1. The largest absolute Gasteiger partial charge is 0.493 e. The van der Waals surface area contributed by atoms with E-state index in [1.807, 2.05) is 13.2 Å². The third kappa shape index (κ3) is 3.26. The number of nitrogens with one attached hydrogen (secondary N) is 1. The Morgan fingerprint density at radius 2 is 1.98 bits per heavy atom. The maximum absolute atomic E-state index is 11.8. The first-order valence-corrected chi connectivity index (χ1v) is 15.2. The number of piperidine rings is 1. The normalized spacial score (nSPS) is 37.5. The smallest absolute Gasteiger partial charge is 0.317 e. The molecule has 7 heteroatoms. The molecular weight excluding hydrogens is 504 g/mol. The summed E-state index contributed by atoms with van der Waals surface area (Å²) in [5, 5.41) is 13.2. The number of carboxylic acids is 1. The van der Waals surface area contributed by atoms with Crippen molar-refractivity contribution >= 4 is 5.97 Å². The molecular formula is C33H40N2O5. The van der Waals surface area contributed by atoms with Crippen LogP contribution in [0, 0.1) is 17.8 Å². The first-order chi connectivity index (χ1) is 19.5. The molecule has 0 radical (unpaired) electrons.